The van der Waals surface area contributed by atoms with E-state index in [1.54, 1.807) is 6.07 Å². The molecule has 1 aromatic heterocycles. The molecule has 1 aromatic carbocycles. The SMILES string of the molecule is COCc1cc([N+](=O)[O-])ccc1-n1cccc(CC(=O)O)c1=O. The van der Waals surface area contributed by atoms with Gasteiger partial charge in [0.2, 0.25) is 0 Å². The lowest BCUT2D eigenvalue weighted by Crippen LogP contribution is -2.24. The maximum absolute atomic E-state index is 12.4. The highest BCUT2D eigenvalue weighted by molar-refractivity contribution is 5.70. The van der Waals surface area contributed by atoms with Gasteiger partial charge >= 0.3 is 5.97 Å². The molecular formula is C15H14N2O6. The Kier molecular flexibility index (Phi) is 4.87. The van der Waals surface area contributed by atoms with Crippen molar-refractivity contribution >= 4 is 11.7 Å². The normalized spacial score (nSPS) is 10.5. The zero-order chi connectivity index (χ0) is 17.0. The Morgan fingerprint density at radius 2 is 2.09 bits per heavy atom. The first-order valence-corrected chi connectivity index (χ1v) is 6.63. The zero-order valence-corrected chi connectivity index (χ0v) is 12.3. The van der Waals surface area contributed by atoms with Gasteiger partial charge in [-0.3, -0.25) is 24.3 Å². The number of nitrogens with zero attached hydrogens (tertiary/aromatic N) is 2. The summed E-state index contributed by atoms with van der Waals surface area (Å²) in [6, 6.07) is 7.05. The first-order chi connectivity index (χ1) is 10.9. The van der Waals surface area contributed by atoms with Crippen LogP contribution in [0.2, 0.25) is 0 Å². The molecule has 8 nitrogen and oxygen atoms in total. The Labute approximate surface area is 130 Å². The molecule has 0 fully saturated rings. The number of carbonyl (C=O) groups is 1. The molecule has 0 amide bonds. The number of benzene rings is 1. The van der Waals surface area contributed by atoms with Crippen molar-refractivity contribution in [1.29, 1.82) is 0 Å². The summed E-state index contributed by atoms with van der Waals surface area (Å²) in [7, 11) is 1.44. The molecule has 0 bridgehead atoms. The van der Waals surface area contributed by atoms with E-state index in [-0.39, 0.29) is 17.9 Å². The minimum atomic E-state index is -1.11. The van der Waals surface area contributed by atoms with E-state index in [2.05, 4.69) is 0 Å². The van der Waals surface area contributed by atoms with Crippen molar-refractivity contribution in [2.45, 2.75) is 13.0 Å². The van der Waals surface area contributed by atoms with Crippen LogP contribution >= 0.6 is 0 Å². The summed E-state index contributed by atoms with van der Waals surface area (Å²) in [4.78, 5) is 33.6. The predicted molar refractivity (Wildman–Crippen MR) is 80.7 cm³/mol. The van der Waals surface area contributed by atoms with Crippen LogP contribution in [0.4, 0.5) is 5.69 Å². The number of aliphatic carboxylic acids is 1. The van der Waals surface area contributed by atoms with Crippen LogP contribution in [0.5, 0.6) is 0 Å². The van der Waals surface area contributed by atoms with Crippen molar-refractivity contribution in [3.05, 3.63) is 68.1 Å². The number of nitro groups is 1. The molecule has 2 rings (SSSR count). The van der Waals surface area contributed by atoms with Crippen LogP contribution in [0.25, 0.3) is 5.69 Å². The second-order valence-electron chi connectivity index (χ2n) is 4.78. The number of aromatic nitrogens is 1. The second-order valence-corrected chi connectivity index (χ2v) is 4.78. The van der Waals surface area contributed by atoms with Gasteiger partial charge in [0.05, 0.1) is 23.6 Å². The van der Waals surface area contributed by atoms with E-state index in [0.29, 0.717) is 11.3 Å². The number of methoxy groups -OCH3 is 1. The van der Waals surface area contributed by atoms with Gasteiger partial charge in [-0.25, -0.2) is 0 Å². The Morgan fingerprint density at radius 1 is 1.35 bits per heavy atom. The van der Waals surface area contributed by atoms with Crippen LogP contribution in [-0.4, -0.2) is 27.7 Å². The maximum Gasteiger partial charge on any atom is 0.308 e. The van der Waals surface area contributed by atoms with Crippen LogP contribution in [0.1, 0.15) is 11.1 Å². The average molecular weight is 318 g/mol. The Bertz CT molecular complexity index is 812. The van der Waals surface area contributed by atoms with Gasteiger partial charge in [-0.1, -0.05) is 6.07 Å². The van der Waals surface area contributed by atoms with E-state index >= 15 is 0 Å². The Hall–Kier alpha value is -3.00. The molecule has 2 aromatic rings. The molecule has 0 atom stereocenters. The molecule has 1 N–H and O–H groups in total. The maximum atomic E-state index is 12.4. The van der Waals surface area contributed by atoms with E-state index in [1.807, 2.05) is 0 Å². The zero-order valence-electron chi connectivity index (χ0n) is 12.3. The lowest BCUT2D eigenvalue weighted by molar-refractivity contribution is -0.384. The number of nitro benzene ring substituents is 1. The highest BCUT2D eigenvalue weighted by atomic mass is 16.6. The molecule has 0 radical (unpaired) electrons. The minimum absolute atomic E-state index is 0.0760. The van der Waals surface area contributed by atoms with Crippen molar-refractivity contribution < 1.29 is 19.6 Å². The van der Waals surface area contributed by atoms with E-state index < -0.39 is 22.9 Å². The van der Waals surface area contributed by atoms with E-state index in [1.165, 1.54) is 42.1 Å². The monoisotopic (exact) mass is 318 g/mol. The largest absolute Gasteiger partial charge is 0.481 e. The minimum Gasteiger partial charge on any atom is -0.481 e. The Balaban J connectivity index is 2.59. The summed E-state index contributed by atoms with van der Waals surface area (Å²) in [6.07, 6.45) is 1.08. The molecule has 0 unspecified atom stereocenters. The molecule has 120 valence electrons. The van der Waals surface area contributed by atoms with Gasteiger partial charge in [-0.2, -0.15) is 0 Å². The summed E-state index contributed by atoms with van der Waals surface area (Å²) in [5, 5.41) is 19.7. The van der Waals surface area contributed by atoms with E-state index in [4.69, 9.17) is 9.84 Å². The molecule has 23 heavy (non-hydrogen) atoms. The van der Waals surface area contributed by atoms with Crippen molar-refractivity contribution in [2.24, 2.45) is 0 Å². The number of hydrogen-bond acceptors (Lipinski definition) is 5. The van der Waals surface area contributed by atoms with Gasteiger partial charge in [-0.15, -0.1) is 0 Å². The molecule has 8 heteroatoms. The predicted octanol–water partition coefficient (Wildman–Crippen LogP) is 1.52. The third-order valence-electron chi connectivity index (χ3n) is 3.20. The number of non-ortho nitro benzene ring substituents is 1. The third-order valence-corrected chi connectivity index (χ3v) is 3.20. The van der Waals surface area contributed by atoms with Crippen molar-refractivity contribution in [1.82, 2.24) is 4.57 Å². The number of hydrogen-bond donors (Lipinski definition) is 1. The smallest absolute Gasteiger partial charge is 0.308 e. The van der Waals surface area contributed by atoms with E-state index in [0.717, 1.165) is 0 Å². The number of rotatable bonds is 6. The standard InChI is InChI=1S/C15H14N2O6/c1-23-9-11-7-12(17(21)22)4-5-13(11)16-6-2-3-10(15(16)20)8-14(18)19/h2-7H,8-9H2,1H3,(H,18,19). The first-order valence-electron chi connectivity index (χ1n) is 6.63. The molecule has 1 heterocycles. The number of pyridine rings is 1. The van der Waals surface area contributed by atoms with Crippen LogP contribution in [-0.2, 0) is 22.6 Å². The van der Waals surface area contributed by atoms with Crippen LogP contribution < -0.4 is 5.56 Å². The highest BCUT2D eigenvalue weighted by Crippen LogP contribution is 2.21. The van der Waals surface area contributed by atoms with E-state index in [9.17, 15) is 19.7 Å². The van der Waals surface area contributed by atoms with Gasteiger partial charge in [0, 0.05) is 36.6 Å². The summed E-state index contributed by atoms with van der Waals surface area (Å²) in [5.74, 6) is -1.11. The summed E-state index contributed by atoms with van der Waals surface area (Å²) >= 11 is 0. The molecule has 0 aliphatic heterocycles. The quantitative estimate of drug-likeness (QED) is 0.638. The van der Waals surface area contributed by atoms with Crippen molar-refractivity contribution in [3.63, 3.8) is 0 Å². The first kappa shape index (κ1) is 16.4. The van der Waals surface area contributed by atoms with Gasteiger partial charge in [0.15, 0.2) is 0 Å². The van der Waals surface area contributed by atoms with Gasteiger partial charge < -0.3 is 9.84 Å². The lowest BCUT2D eigenvalue weighted by atomic mass is 10.1. The molecular weight excluding hydrogens is 304 g/mol. The fourth-order valence-corrected chi connectivity index (χ4v) is 2.22. The van der Waals surface area contributed by atoms with Crippen LogP contribution in [0, 0.1) is 10.1 Å². The van der Waals surface area contributed by atoms with Gasteiger partial charge in [-0.05, 0) is 12.1 Å². The number of ether oxygens (including phenoxy) is 1. The highest BCUT2D eigenvalue weighted by Gasteiger charge is 2.15. The van der Waals surface area contributed by atoms with Gasteiger partial charge in [0.25, 0.3) is 11.2 Å². The topological polar surface area (TPSA) is 112 Å². The van der Waals surface area contributed by atoms with Crippen LogP contribution in [0.3, 0.4) is 0 Å². The molecule has 0 aliphatic rings. The third kappa shape index (κ3) is 3.61. The summed E-state index contributed by atoms with van der Waals surface area (Å²) in [5.41, 5.74) is 0.393. The van der Waals surface area contributed by atoms with Crippen LogP contribution in [0.15, 0.2) is 41.3 Å². The summed E-state index contributed by atoms with van der Waals surface area (Å²) in [6.45, 7) is 0.0760. The average Bonchev–Trinajstić information content (AvgIpc) is 2.49. The molecule has 0 saturated heterocycles. The lowest BCUT2D eigenvalue weighted by Gasteiger charge is -2.12. The molecule has 0 spiro atoms. The fourth-order valence-electron chi connectivity index (χ4n) is 2.22. The van der Waals surface area contributed by atoms with Crippen molar-refractivity contribution in [2.75, 3.05) is 7.11 Å². The fraction of sp³-hybridized carbons (Fsp3) is 0.200. The van der Waals surface area contributed by atoms with Gasteiger partial charge in [0.1, 0.15) is 0 Å². The number of carboxylic acid groups (broad SMARTS) is 1. The molecule has 0 aliphatic carbocycles. The second kappa shape index (κ2) is 6.84. The number of carboxylic acids is 1. The molecule has 0 saturated carbocycles. The summed E-state index contributed by atoms with van der Waals surface area (Å²) < 4.78 is 6.29. The Morgan fingerprint density at radius 3 is 2.70 bits per heavy atom. The van der Waals surface area contributed by atoms with Crippen molar-refractivity contribution in [3.8, 4) is 5.69 Å².